The zero-order valence-electron chi connectivity index (χ0n) is 20.7. The van der Waals surface area contributed by atoms with E-state index in [0.29, 0.717) is 25.4 Å². The first kappa shape index (κ1) is 26.1. The Hall–Kier alpha value is -3.00. The second kappa shape index (κ2) is 10.9. The van der Waals surface area contributed by atoms with Crippen LogP contribution in [0.25, 0.3) is 5.57 Å². The number of likely N-dealkylation sites (tertiary alicyclic amines) is 1. The number of benzene rings is 2. The molecule has 0 spiro atoms. The molecule has 0 atom stereocenters. The van der Waals surface area contributed by atoms with Crippen molar-refractivity contribution < 1.29 is 32.5 Å². The number of ether oxygens (including phenoxy) is 2. The van der Waals surface area contributed by atoms with Crippen molar-refractivity contribution in [2.24, 2.45) is 5.92 Å². The van der Waals surface area contributed by atoms with Gasteiger partial charge in [-0.1, -0.05) is 31.1 Å². The molecule has 0 radical (unpaired) electrons. The van der Waals surface area contributed by atoms with E-state index in [2.05, 4.69) is 11.8 Å². The summed E-state index contributed by atoms with van der Waals surface area (Å²) in [4.78, 5) is 13.2. The van der Waals surface area contributed by atoms with Crippen LogP contribution in [-0.4, -0.2) is 42.2 Å². The molecule has 2 aromatic rings. The molecular formula is C28H32F3NO4. The number of alkyl halides is 3. The molecule has 1 heterocycles. The number of halogens is 3. The molecule has 36 heavy (non-hydrogen) atoms. The van der Waals surface area contributed by atoms with E-state index < -0.39 is 17.7 Å². The van der Waals surface area contributed by atoms with Gasteiger partial charge in [-0.15, -0.1) is 0 Å². The largest absolute Gasteiger partial charge is 0.494 e. The van der Waals surface area contributed by atoms with Gasteiger partial charge in [0.2, 0.25) is 0 Å². The predicted octanol–water partition coefficient (Wildman–Crippen LogP) is 6.20. The molecule has 0 aromatic heterocycles. The number of unbranched alkanes of at least 4 members (excludes halogenated alkanes) is 1. The highest BCUT2D eigenvalue weighted by atomic mass is 19.4. The number of carboxylic acids is 1. The summed E-state index contributed by atoms with van der Waals surface area (Å²) in [6.07, 6.45) is -1.13. The van der Waals surface area contributed by atoms with Gasteiger partial charge in [-0.2, -0.15) is 13.2 Å². The van der Waals surface area contributed by atoms with Crippen LogP contribution in [0.3, 0.4) is 0 Å². The van der Waals surface area contributed by atoms with Gasteiger partial charge in [-0.3, -0.25) is 9.69 Å². The molecule has 0 saturated carbocycles. The molecule has 4 rings (SSSR count). The smallest absolute Gasteiger partial charge is 0.416 e. The van der Waals surface area contributed by atoms with E-state index >= 15 is 0 Å². The second-order valence-corrected chi connectivity index (χ2v) is 9.58. The summed E-state index contributed by atoms with van der Waals surface area (Å²) in [5.41, 5.74) is 4.03. The van der Waals surface area contributed by atoms with E-state index in [4.69, 9.17) is 14.6 Å². The van der Waals surface area contributed by atoms with Crippen LogP contribution < -0.4 is 9.47 Å². The van der Waals surface area contributed by atoms with E-state index in [1.165, 1.54) is 17.2 Å². The van der Waals surface area contributed by atoms with Crippen LogP contribution in [0.2, 0.25) is 0 Å². The van der Waals surface area contributed by atoms with Crippen molar-refractivity contribution in [1.29, 1.82) is 0 Å². The molecule has 2 aliphatic rings. The van der Waals surface area contributed by atoms with E-state index in [-0.39, 0.29) is 23.8 Å². The molecule has 0 amide bonds. The monoisotopic (exact) mass is 503 g/mol. The van der Waals surface area contributed by atoms with Gasteiger partial charge in [0, 0.05) is 25.2 Å². The van der Waals surface area contributed by atoms with Gasteiger partial charge in [0.05, 0.1) is 18.1 Å². The molecule has 1 aliphatic heterocycles. The van der Waals surface area contributed by atoms with Gasteiger partial charge in [-0.05, 0) is 67.2 Å². The molecular weight excluding hydrogens is 471 g/mol. The molecule has 1 aliphatic carbocycles. The van der Waals surface area contributed by atoms with Crippen molar-refractivity contribution in [3.8, 4) is 11.5 Å². The number of fused-ring (bicyclic) bond motifs is 1. The van der Waals surface area contributed by atoms with Gasteiger partial charge in [-0.25, -0.2) is 0 Å². The number of aliphatic carboxylic acids is 1. The van der Waals surface area contributed by atoms with Gasteiger partial charge in [0.25, 0.3) is 0 Å². The Balaban J connectivity index is 1.42. The highest BCUT2D eigenvalue weighted by molar-refractivity contribution is 5.73. The van der Waals surface area contributed by atoms with E-state index in [1.54, 1.807) is 12.1 Å². The number of allylic oxidation sites excluding steroid dienone is 1. The zero-order valence-corrected chi connectivity index (χ0v) is 20.7. The minimum absolute atomic E-state index is 0.0654. The maximum absolute atomic E-state index is 13.7. The topological polar surface area (TPSA) is 59.0 Å². The molecule has 0 bridgehead atoms. The van der Waals surface area contributed by atoms with Crippen molar-refractivity contribution in [3.05, 3.63) is 64.2 Å². The number of aryl methyl sites for hydroxylation is 1. The fourth-order valence-electron chi connectivity index (χ4n) is 4.75. The van der Waals surface area contributed by atoms with E-state index in [1.807, 2.05) is 19.1 Å². The second-order valence-electron chi connectivity index (χ2n) is 9.58. The van der Waals surface area contributed by atoms with Crippen LogP contribution >= 0.6 is 0 Å². The summed E-state index contributed by atoms with van der Waals surface area (Å²) in [6.45, 7) is 6.19. The van der Waals surface area contributed by atoms with Crippen LogP contribution in [0, 0.1) is 5.92 Å². The molecule has 8 heteroatoms. The number of carbonyl (C=O) groups is 1. The summed E-state index contributed by atoms with van der Waals surface area (Å²) in [6, 6.07) is 9.70. The van der Waals surface area contributed by atoms with Crippen molar-refractivity contribution >= 4 is 11.5 Å². The predicted molar refractivity (Wildman–Crippen MR) is 131 cm³/mol. The Labute approximate surface area is 209 Å². The maximum Gasteiger partial charge on any atom is 0.416 e. The lowest BCUT2D eigenvalue weighted by molar-refractivity contribution is -0.147. The zero-order chi connectivity index (χ0) is 25.9. The molecule has 1 saturated heterocycles. The summed E-state index contributed by atoms with van der Waals surface area (Å²) in [7, 11) is 0. The lowest BCUT2D eigenvalue weighted by atomic mass is 9.85. The van der Waals surface area contributed by atoms with Gasteiger partial charge in [0.1, 0.15) is 18.1 Å². The molecule has 1 N–H and O–H groups in total. The Morgan fingerprint density at radius 1 is 1.08 bits per heavy atom. The summed E-state index contributed by atoms with van der Waals surface area (Å²) < 4.78 is 52.3. The van der Waals surface area contributed by atoms with Crippen LogP contribution in [0.4, 0.5) is 13.2 Å². The summed E-state index contributed by atoms with van der Waals surface area (Å²) >= 11 is 0. The van der Waals surface area contributed by atoms with Crippen LogP contribution in [0.15, 0.2) is 42.0 Å². The standard InChI is InChI=1S/C28H32F3NO4/c1-3-4-11-35-24-8-7-21(26(13-24)28(29,30)31)17-36-23-9-10-25-18(2)20(6-5-19(25)12-23)14-32-15-22(16-32)27(33)34/h7-10,12-13,22H,3-6,11,14-17H2,1-2H3,(H,33,34). The fraction of sp³-hybridized carbons (Fsp3) is 0.464. The number of rotatable bonds is 10. The van der Waals surface area contributed by atoms with Crippen LogP contribution in [0.5, 0.6) is 11.5 Å². The Morgan fingerprint density at radius 3 is 2.50 bits per heavy atom. The third kappa shape index (κ3) is 6.03. The maximum atomic E-state index is 13.7. The number of hydrogen-bond donors (Lipinski definition) is 1. The van der Waals surface area contributed by atoms with Crippen molar-refractivity contribution in [1.82, 2.24) is 4.90 Å². The van der Waals surface area contributed by atoms with Crippen LogP contribution in [0.1, 0.15) is 55.4 Å². The average molecular weight is 504 g/mol. The first-order valence-electron chi connectivity index (χ1n) is 12.4. The Bertz CT molecular complexity index is 1140. The van der Waals surface area contributed by atoms with Crippen molar-refractivity contribution in [2.45, 2.75) is 52.3 Å². The number of nitrogens with zero attached hydrogens (tertiary/aromatic N) is 1. The lowest BCUT2D eigenvalue weighted by Crippen LogP contribution is -2.50. The first-order valence-corrected chi connectivity index (χ1v) is 12.4. The average Bonchev–Trinajstić information content (AvgIpc) is 2.80. The molecule has 194 valence electrons. The highest BCUT2D eigenvalue weighted by Crippen LogP contribution is 2.37. The Kier molecular flexibility index (Phi) is 7.93. The SMILES string of the molecule is CCCCOc1ccc(COc2ccc3c(c2)CCC(CN2CC(C(=O)O)C2)=C3C)c(C(F)(F)F)c1. The number of hydrogen-bond acceptors (Lipinski definition) is 4. The van der Waals surface area contributed by atoms with Gasteiger partial charge >= 0.3 is 12.1 Å². The quantitative estimate of drug-likeness (QED) is 0.391. The van der Waals surface area contributed by atoms with E-state index in [0.717, 1.165) is 49.4 Å². The van der Waals surface area contributed by atoms with Crippen molar-refractivity contribution in [3.63, 3.8) is 0 Å². The summed E-state index contributed by atoms with van der Waals surface area (Å²) in [5, 5.41) is 9.08. The molecule has 1 fully saturated rings. The first-order chi connectivity index (χ1) is 17.2. The van der Waals surface area contributed by atoms with Gasteiger partial charge < -0.3 is 14.6 Å². The van der Waals surface area contributed by atoms with Crippen molar-refractivity contribution in [2.75, 3.05) is 26.2 Å². The van der Waals surface area contributed by atoms with E-state index in [9.17, 15) is 18.0 Å². The third-order valence-electron chi connectivity index (χ3n) is 6.98. The highest BCUT2D eigenvalue weighted by Gasteiger charge is 2.35. The number of carboxylic acid groups (broad SMARTS) is 1. The minimum atomic E-state index is -4.50. The minimum Gasteiger partial charge on any atom is -0.494 e. The third-order valence-corrected chi connectivity index (χ3v) is 6.98. The lowest BCUT2D eigenvalue weighted by Gasteiger charge is -2.38. The molecule has 5 nitrogen and oxygen atoms in total. The fourth-order valence-corrected chi connectivity index (χ4v) is 4.75. The molecule has 2 aromatic carbocycles. The van der Waals surface area contributed by atoms with Crippen LogP contribution in [-0.2, 0) is 24.0 Å². The normalized spacial score (nSPS) is 16.5. The summed E-state index contributed by atoms with van der Waals surface area (Å²) in [5.74, 6) is -0.266. The Morgan fingerprint density at radius 2 is 1.81 bits per heavy atom. The molecule has 0 unspecified atom stereocenters. The van der Waals surface area contributed by atoms with Gasteiger partial charge in [0.15, 0.2) is 0 Å².